The van der Waals surface area contributed by atoms with Crippen LogP contribution in [-0.4, -0.2) is 43.0 Å². The molecule has 0 radical (unpaired) electrons. The molecule has 3 unspecified atom stereocenters. The van der Waals surface area contributed by atoms with Crippen molar-refractivity contribution >= 4 is 11.8 Å². The minimum absolute atomic E-state index is 0.0433. The largest absolute Gasteiger partial charge is 0.497 e. The second-order valence-electron chi connectivity index (χ2n) is 8.38. The molecule has 2 aromatic carbocycles. The Bertz CT molecular complexity index is 908. The third kappa shape index (κ3) is 4.53. The number of carbonyl (C=O) groups excluding carboxylic acids is 2. The number of likely N-dealkylation sites (tertiary alicyclic amines) is 1. The number of benzene rings is 2. The van der Waals surface area contributed by atoms with Gasteiger partial charge in [0.15, 0.2) is 0 Å². The van der Waals surface area contributed by atoms with E-state index in [0.717, 1.165) is 31.2 Å². The standard InChI is InChI=1S/C25H30N2O4/c1-30-20-12-17(13-21(15-20)31-2)16-26-24(28)23-14-19-10-6-7-11-22(19)27(23)25(29)18-8-4-3-5-9-18/h3-5,8-9,12-13,15,19,22-23H,6-7,10-11,14,16H2,1-2H3,(H,26,28). The third-order valence-corrected chi connectivity index (χ3v) is 6.52. The third-order valence-electron chi connectivity index (χ3n) is 6.52. The van der Waals surface area contributed by atoms with Gasteiger partial charge in [-0.25, -0.2) is 0 Å². The Kier molecular flexibility index (Phi) is 6.44. The van der Waals surface area contributed by atoms with E-state index in [2.05, 4.69) is 5.32 Å². The highest BCUT2D eigenvalue weighted by atomic mass is 16.5. The van der Waals surface area contributed by atoms with Gasteiger partial charge in [0.1, 0.15) is 17.5 Å². The average molecular weight is 423 g/mol. The lowest BCUT2D eigenvalue weighted by Crippen LogP contribution is -2.49. The van der Waals surface area contributed by atoms with Gasteiger partial charge in [-0.15, -0.1) is 0 Å². The quantitative estimate of drug-likeness (QED) is 0.769. The summed E-state index contributed by atoms with van der Waals surface area (Å²) < 4.78 is 10.6. The smallest absolute Gasteiger partial charge is 0.254 e. The number of amides is 2. The molecule has 1 aliphatic heterocycles. The van der Waals surface area contributed by atoms with E-state index in [1.807, 2.05) is 47.4 Å². The van der Waals surface area contributed by atoms with Gasteiger partial charge in [0.2, 0.25) is 5.91 Å². The highest BCUT2D eigenvalue weighted by Gasteiger charge is 2.47. The van der Waals surface area contributed by atoms with E-state index >= 15 is 0 Å². The van der Waals surface area contributed by atoms with Crippen LogP contribution in [0, 0.1) is 5.92 Å². The van der Waals surface area contributed by atoms with E-state index in [4.69, 9.17) is 9.47 Å². The molecule has 2 amide bonds. The minimum Gasteiger partial charge on any atom is -0.497 e. The molecule has 6 nitrogen and oxygen atoms in total. The van der Waals surface area contributed by atoms with E-state index < -0.39 is 6.04 Å². The van der Waals surface area contributed by atoms with Crippen molar-refractivity contribution in [2.75, 3.05) is 14.2 Å². The number of nitrogens with zero attached hydrogens (tertiary/aromatic N) is 1. The summed E-state index contributed by atoms with van der Waals surface area (Å²) >= 11 is 0. The van der Waals surface area contributed by atoms with Crippen LogP contribution >= 0.6 is 0 Å². The van der Waals surface area contributed by atoms with Crippen molar-refractivity contribution in [3.05, 3.63) is 59.7 Å². The monoisotopic (exact) mass is 422 g/mol. The number of hydrogen-bond acceptors (Lipinski definition) is 4. The van der Waals surface area contributed by atoms with Crippen LogP contribution in [0.25, 0.3) is 0 Å². The fourth-order valence-electron chi connectivity index (χ4n) is 4.99. The first-order chi connectivity index (χ1) is 15.1. The molecule has 2 fully saturated rings. The fraction of sp³-hybridized carbons (Fsp3) is 0.440. The highest BCUT2D eigenvalue weighted by Crippen LogP contribution is 2.40. The zero-order valence-electron chi connectivity index (χ0n) is 18.2. The summed E-state index contributed by atoms with van der Waals surface area (Å²) in [6.45, 7) is 0.353. The molecule has 2 aliphatic rings. The van der Waals surface area contributed by atoms with Gasteiger partial charge in [-0.05, 0) is 55.0 Å². The van der Waals surface area contributed by atoms with Crippen molar-refractivity contribution in [1.29, 1.82) is 0 Å². The molecule has 31 heavy (non-hydrogen) atoms. The number of fused-ring (bicyclic) bond motifs is 1. The molecule has 6 heteroatoms. The molecule has 2 aromatic rings. The van der Waals surface area contributed by atoms with E-state index in [1.165, 1.54) is 6.42 Å². The summed E-state index contributed by atoms with van der Waals surface area (Å²) in [5.74, 6) is 1.61. The van der Waals surface area contributed by atoms with E-state index in [1.54, 1.807) is 20.3 Å². The maximum absolute atomic E-state index is 13.4. The van der Waals surface area contributed by atoms with Gasteiger partial charge in [0.05, 0.1) is 14.2 Å². The summed E-state index contributed by atoms with van der Waals surface area (Å²) in [7, 11) is 3.20. The van der Waals surface area contributed by atoms with Gasteiger partial charge >= 0.3 is 0 Å². The van der Waals surface area contributed by atoms with Crippen LogP contribution in [0.2, 0.25) is 0 Å². The second-order valence-corrected chi connectivity index (χ2v) is 8.38. The number of carbonyl (C=O) groups is 2. The Labute approximate surface area is 183 Å². The van der Waals surface area contributed by atoms with Crippen LogP contribution in [0.3, 0.4) is 0 Å². The van der Waals surface area contributed by atoms with Crippen LogP contribution in [0.15, 0.2) is 48.5 Å². The van der Waals surface area contributed by atoms with Gasteiger partial charge < -0.3 is 19.7 Å². The number of methoxy groups -OCH3 is 2. The van der Waals surface area contributed by atoms with Gasteiger partial charge in [-0.2, -0.15) is 0 Å². The first-order valence-electron chi connectivity index (χ1n) is 11.0. The van der Waals surface area contributed by atoms with Crippen LogP contribution in [0.5, 0.6) is 11.5 Å². The first kappa shape index (κ1) is 21.2. The SMILES string of the molecule is COc1cc(CNC(=O)C2CC3CCCCC3N2C(=O)c2ccccc2)cc(OC)c1. The Balaban J connectivity index is 1.52. The van der Waals surface area contributed by atoms with E-state index in [9.17, 15) is 9.59 Å². The molecule has 0 aromatic heterocycles. The van der Waals surface area contributed by atoms with E-state index in [-0.39, 0.29) is 17.9 Å². The topological polar surface area (TPSA) is 67.9 Å². The van der Waals surface area contributed by atoms with Crippen molar-refractivity contribution in [3.8, 4) is 11.5 Å². The molecule has 3 atom stereocenters. The molecule has 1 heterocycles. The summed E-state index contributed by atoms with van der Waals surface area (Å²) in [6.07, 6.45) is 5.07. The molecule has 1 N–H and O–H groups in total. The normalized spacial score (nSPS) is 22.5. The molecular weight excluding hydrogens is 392 g/mol. The molecule has 164 valence electrons. The minimum atomic E-state index is -0.437. The Morgan fingerprint density at radius 2 is 1.68 bits per heavy atom. The maximum Gasteiger partial charge on any atom is 0.254 e. The Hall–Kier alpha value is -3.02. The van der Waals surface area contributed by atoms with Crippen LogP contribution in [-0.2, 0) is 11.3 Å². The molecular formula is C25H30N2O4. The summed E-state index contributed by atoms with van der Waals surface area (Å²) in [5.41, 5.74) is 1.53. The highest BCUT2D eigenvalue weighted by molar-refractivity contribution is 5.98. The van der Waals surface area contributed by atoms with Crippen LogP contribution < -0.4 is 14.8 Å². The van der Waals surface area contributed by atoms with Gasteiger partial charge in [-0.3, -0.25) is 9.59 Å². The molecule has 1 aliphatic carbocycles. The molecule has 0 bridgehead atoms. The lowest BCUT2D eigenvalue weighted by atomic mass is 9.84. The van der Waals surface area contributed by atoms with Gasteiger partial charge in [-0.1, -0.05) is 31.0 Å². The number of hydrogen-bond donors (Lipinski definition) is 1. The van der Waals surface area contributed by atoms with Gasteiger partial charge in [0, 0.05) is 24.2 Å². The fourth-order valence-corrected chi connectivity index (χ4v) is 4.99. The van der Waals surface area contributed by atoms with Crippen LogP contribution in [0.1, 0.15) is 48.0 Å². The molecule has 1 saturated carbocycles. The molecule has 1 saturated heterocycles. The summed E-state index contributed by atoms with van der Waals surface area (Å²) in [5, 5.41) is 3.05. The molecule has 4 rings (SSSR count). The van der Waals surface area contributed by atoms with Crippen LogP contribution in [0.4, 0.5) is 0 Å². The summed E-state index contributed by atoms with van der Waals surface area (Å²) in [4.78, 5) is 28.5. The van der Waals surface area contributed by atoms with Crippen molar-refractivity contribution in [2.45, 2.75) is 50.7 Å². The Morgan fingerprint density at radius 1 is 1.00 bits per heavy atom. The van der Waals surface area contributed by atoms with Gasteiger partial charge in [0.25, 0.3) is 5.91 Å². The second kappa shape index (κ2) is 9.41. The zero-order chi connectivity index (χ0) is 21.8. The predicted molar refractivity (Wildman–Crippen MR) is 118 cm³/mol. The first-order valence-corrected chi connectivity index (χ1v) is 11.0. The van der Waals surface area contributed by atoms with Crippen molar-refractivity contribution < 1.29 is 19.1 Å². The van der Waals surface area contributed by atoms with Crippen molar-refractivity contribution in [2.24, 2.45) is 5.92 Å². The van der Waals surface area contributed by atoms with E-state index in [0.29, 0.717) is 29.5 Å². The lowest BCUT2D eigenvalue weighted by Gasteiger charge is -2.33. The van der Waals surface area contributed by atoms with Crippen molar-refractivity contribution in [1.82, 2.24) is 10.2 Å². The number of nitrogens with one attached hydrogen (secondary N) is 1. The van der Waals surface area contributed by atoms with Crippen molar-refractivity contribution in [3.63, 3.8) is 0 Å². The predicted octanol–water partition coefficient (Wildman–Crippen LogP) is 3.79. The zero-order valence-corrected chi connectivity index (χ0v) is 18.2. The maximum atomic E-state index is 13.4. The molecule has 0 spiro atoms. The number of rotatable bonds is 6. The number of ether oxygens (including phenoxy) is 2. The summed E-state index contributed by atoms with van der Waals surface area (Å²) in [6, 6.07) is 14.6. The average Bonchev–Trinajstić information content (AvgIpc) is 3.22. The lowest BCUT2D eigenvalue weighted by molar-refractivity contribution is -0.125. The Morgan fingerprint density at radius 3 is 2.35 bits per heavy atom.